The zero-order chi connectivity index (χ0) is 18.8. The molecule has 1 N–H and O–H groups in total. The Morgan fingerprint density at radius 1 is 1.11 bits per heavy atom. The summed E-state index contributed by atoms with van der Waals surface area (Å²) in [6, 6.07) is 14.3. The smallest absolute Gasteiger partial charge is 0.265 e. The van der Waals surface area contributed by atoms with Gasteiger partial charge in [0, 0.05) is 24.7 Å². The number of hydrogen-bond acceptors (Lipinski definition) is 4. The highest BCUT2D eigenvalue weighted by Crippen LogP contribution is 2.29. The fraction of sp³-hybridized carbons (Fsp3) is 0.250. The molecule has 0 unspecified atom stereocenters. The van der Waals surface area contributed by atoms with Crippen molar-refractivity contribution in [1.82, 2.24) is 0 Å². The van der Waals surface area contributed by atoms with E-state index in [4.69, 9.17) is 4.74 Å². The summed E-state index contributed by atoms with van der Waals surface area (Å²) in [5, 5.41) is 2.75. The highest BCUT2D eigenvalue weighted by molar-refractivity contribution is 6.10. The van der Waals surface area contributed by atoms with Crippen molar-refractivity contribution in [3.8, 4) is 5.75 Å². The first-order chi connectivity index (χ1) is 13.1. The van der Waals surface area contributed by atoms with Gasteiger partial charge in [0.25, 0.3) is 5.91 Å². The van der Waals surface area contributed by atoms with Crippen LogP contribution >= 0.6 is 0 Å². The first kappa shape index (κ1) is 17.1. The minimum atomic E-state index is -0.306. The lowest BCUT2D eigenvalue weighted by Gasteiger charge is -2.29. The lowest BCUT2D eigenvalue weighted by molar-refractivity contribution is -0.123. The van der Waals surface area contributed by atoms with Gasteiger partial charge in [-0.15, -0.1) is 0 Å². The van der Waals surface area contributed by atoms with Crippen LogP contribution in [0.4, 0.5) is 17.1 Å². The number of nitrogens with one attached hydrogen (secondary N) is 1. The molecule has 0 aliphatic carbocycles. The normalized spacial score (nSPS) is 16.1. The highest BCUT2D eigenvalue weighted by Gasteiger charge is 2.27. The van der Waals surface area contributed by atoms with E-state index in [1.165, 1.54) is 4.90 Å². The molecule has 4 rings (SSSR count). The van der Waals surface area contributed by atoms with E-state index in [2.05, 4.69) is 5.32 Å². The van der Waals surface area contributed by atoms with Gasteiger partial charge in [-0.2, -0.15) is 0 Å². The summed E-state index contributed by atoms with van der Waals surface area (Å²) in [4.78, 5) is 39.5. The Balaban J connectivity index is 1.46. The molecule has 0 spiro atoms. The van der Waals surface area contributed by atoms with E-state index in [0.29, 0.717) is 30.1 Å². The van der Waals surface area contributed by atoms with Crippen LogP contribution in [0.2, 0.25) is 0 Å². The maximum Gasteiger partial charge on any atom is 0.265 e. The first-order valence-corrected chi connectivity index (χ1v) is 8.84. The third-order valence-electron chi connectivity index (χ3n) is 4.64. The van der Waals surface area contributed by atoms with E-state index < -0.39 is 0 Å². The molecule has 2 aromatic rings. The number of amides is 3. The summed E-state index contributed by atoms with van der Waals surface area (Å²) in [7, 11) is 0. The van der Waals surface area contributed by atoms with Crippen LogP contribution in [0.1, 0.15) is 12.8 Å². The van der Waals surface area contributed by atoms with Crippen molar-refractivity contribution in [2.75, 3.05) is 34.8 Å². The van der Waals surface area contributed by atoms with Gasteiger partial charge in [0.15, 0.2) is 6.61 Å². The van der Waals surface area contributed by atoms with Crippen molar-refractivity contribution in [1.29, 1.82) is 0 Å². The largest absolute Gasteiger partial charge is 0.484 e. The molecule has 2 aliphatic rings. The molecule has 0 aromatic heterocycles. The van der Waals surface area contributed by atoms with Crippen molar-refractivity contribution in [2.24, 2.45) is 0 Å². The fourth-order valence-corrected chi connectivity index (χ4v) is 3.34. The number of carbonyl (C=O) groups is 3. The Hall–Kier alpha value is -3.35. The topological polar surface area (TPSA) is 79.0 Å². The molecule has 0 atom stereocenters. The maximum absolute atomic E-state index is 12.6. The third-order valence-corrected chi connectivity index (χ3v) is 4.64. The van der Waals surface area contributed by atoms with Gasteiger partial charge in [0.05, 0.1) is 11.4 Å². The molecule has 2 heterocycles. The Labute approximate surface area is 156 Å². The van der Waals surface area contributed by atoms with E-state index in [-0.39, 0.29) is 30.9 Å². The van der Waals surface area contributed by atoms with E-state index in [0.717, 1.165) is 12.1 Å². The Morgan fingerprint density at radius 2 is 1.96 bits per heavy atom. The van der Waals surface area contributed by atoms with Crippen LogP contribution in [0.5, 0.6) is 5.75 Å². The lowest BCUT2D eigenvalue weighted by atomic mass is 10.2. The summed E-state index contributed by atoms with van der Waals surface area (Å²) >= 11 is 0. The van der Waals surface area contributed by atoms with Gasteiger partial charge in [-0.25, -0.2) is 0 Å². The molecular weight excluding hydrogens is 346 g/mol. The molecule has 2 aromatic carbocycles. The Bertz CT molecular complexity index is 912. The van der Waals surface area contributed by atoms with E-state index in [1.807, 2.05) is 12.1 Å². The van der Waals surface area contributed by atoms with Crippen LogP contribution in [-0.2, 0) is 14.4 Å². The van der Waals surface area contributed by atoms with Crippen molar-refractivity contribution < 1.29 is 19.1 Å². The summed E-state index contributed by atoms with van der Waals surface area (Å²) in [6.45, 7) is 0.460. The van der Waals surface area contributed by atoms with Crippen molar-refractivity contribution in [2.45, 2.75) is 12.8 Å². The summed E-state index contributed by atoms with van der Waals surface area (Å²) in [5.41, 5.74) is 2.03. The summed E-state index contributed by atoms with van der Waals surface area (Å²) < 4.78 is 5.65. The first-order valence-electron chi connectivity index (χ1n) is 8.84. The SMILES string of the molecule is O=C1CN(C(=O)COc2cccc(N3CCCC3=O)c2)c2ccccc2N1. The van der Waals surface area contributed by atoms with Crippen LogP contribution in [0, 0.1) is 0 Å². The molecule has 2 aliphatic heterocycles. The van der Waals surface area contributed by atoms with E-state index >= 15 is 0 Å². The number of fused-ring (bicyclic) bond motifs is 1. The Morgan fingerprint density at radius 3 is 2.78 bits per heavy atom. The van der Waals surface area contributed by atoms with E-state index in [9.17, 15) is 14.4 Å². The summed E-state index contributed by atoms with van der Waals surface area (Å²) in [5.74, 6) is 0.0611. The third kappa shape index (κ3) is 3.48. The number of carbonyl (C=O) groups excluding carboxylic acids is 3. The molecular formula is C20H19N3O4. The molecule has 7 heteroatoms. The molecule has 0 bridgehead atoms. The van der Waals surface area contributed by atoms with Crippen LogP contribution < -0.4 is 19.9 Å². The number of para-hydroxylation sites is 2. The second-order valence-electron chi connectivity index (χ2n) is 6.48. The van der Waals surface area contributed by atoms with Crippen LogP contribution in [-0.4, -0.2) is 37.4 Å². The molecule has 1 saturated heterocycles. The van der Waals surface area contributed by atoms with Crippen molar-refractivity contribution in [3.05, 3.63) is 48.5 Å². The van der Waals surface area contributed by atoms with Gasteiger partial charge in [-0.3, -0.25) is 19.3 Å². The monoisotopic (exact) mass is 365 g/mol. The minimum absolute atomic E-state index is 0.0402. The van der Waals surface area contributed by atoms with Crippen LogP contribution in [0.3, 0.4) is 0 Å². The number of hydrogen-bond donors (Lipinski definition) is 1. The molecule has 0 radical (unpaired) electrons. The van der Waals surface area contributed by atoms with Gasteiger partial charge in [-0.05, 0) is 30.7 Å². The standard InChI is InChI=1S/C20H19N3O4/c24-18-12-23(17-8-2-1-7-16(17)21-18)20(26)13-27-15-6-3-5-14(11-15)22-10-4-9-19(22)25/h1-3,5-8,11H,4,9-10,12-13H2,(H,21,24). The van der Waals surface area contributed by atoms with Gasteiger partial charge in [-0.1, -0.05) is 18.2 Å². The van der Waals surface area contributed by atoms with Gasteiger partial charge < -0.3 is 15.0 Å². The van der Waals surface area contributed by atoms with Crippen molar-refractivity contribution in [3.63, 3.8) is 0 Å². The second kappa shape index (κ2) is 7.11. The zero-order valence-corrected chi connectivity index (χ0v) is 14.7. The number of nitrogens with zero attached hydrogens (tertiary/aromatic N) is 2. The summed E-state index contributed by atoms with van der Waals surface area (Å²) in [6.07, 6.45) is 1.40. The lowest BCUT2D eigenvalue weighted by Crippen LogP contribution is -2.44. The minimum Gasteiger partial charge on any atom is -0.484 e. The zero-order valence-electron chi connectivity index (χ0n) is 14.7. The molecule has 138 valence electrons. The predicted molar refractivity (Wildman–Crippen MR) is 101 cm³/mol. The molecule has 27 heavy (non-hydrogen) atoms. The molecule has 7 nitrogen and oxygen atoms in total. The second-order valence-corrected chi connectivity index (χ2v) is 6.48. The van der Waals surface area contributed by atoms with Crippen molar-refractivity contribution >= 4 is 34.8 Å². The van der Waals surface area contributed by atoms with E-state index in [1.54, 1.807) is 41.3 Å². The quantitative estimate of drug-likeness (QED) is 0.901. The average Bonchev–Trinajstić information content (AvgIpc) is 3.11. The molecule has 0 saturated carbocycles. The predicted octanol–water partition coefficient (Wildman–Crippen LogP) is 2.18. The number of anilines is 3. The number of rotatable bonds is 4. The Kier molecular flexibility index (Phi) is 4.50. The van der Waals surface area contributed by atoms with Crippen LogP contribution in [0.15, 0.2) is 48.5 Å². The fourth-order valence-electron chi connectivity index (χ4n) is 3.34. The van der Waals surface area contributed by atoms with Gasteiger partial charge >= 0.3 is 0 Å². The van der Waals surface area contributed by atoms with Crippen LogP contribution in [0.25, 0.3) is 0 Å². The maximum atomic E-state index is 12.6. The molecule has 3 amide bonds. The average molecular weight is 365 g/mol. The number of ether oxygens (including phenoxy) is 1. The number of benzene rings is 2. The highest BCUT2D eigenvalue weighted by atomic mass is 16.5. The molecule has 1 fully saturated rings. The van der Waals surface area contributed by atoms with Gasteiger partial charge in [0.1, 0.15) is 12.3 Å². The van der Waals surface area contributed by atoms with Gasteiger partial charge in [0.2, 0.25) is 11.8 Å².